The zero-order chi connectivity index (χ0) is 16.2. The Morgan fingerprint density at radius 3 is 2.43 bits per heavy atom. The summed E-state index contributed by atoms with van der Waals surface area (Å²) in [6.07, 6.45) is 1.66. The molecule has 0 aliphatic heterocycles. The zero-order valence-electron chi connectivity index (χ0n) is 13.2. The molecule has 116 valence electrons. The van der Waals surface area contributed by atoms with Crippen molar-refractivity contribution in [3.8, 4) is 0 Å². The number of carbonyl (C=O) groups is 1. The number of para-hydroxylation sites is 1. The molecular weight excluding hydrogens is 288 g/mol. The van der Waals surface area contributed by atoms with Gasteiger partial charge in [0.1, 0.15) is 0 Å². The average Bonchev–Trinajstić information content (AvgIpc) is 3.00. The highest BCUT2D eigenvalue weighted by molar-refractivity contribution is 6.03. The molecule has 5 heteroatoms. The summed E-state index contributed by atoms with van der Waals surface area (Å²) in [5.41, 5.74) is 4.29. The standard InChI is InChI=1S/C18H18N4O/c1-13-7-6-8-14(2)17(13)19-18(23)16-12-22(21-20-16)11-15-9-4-3-5-10-15/h3-10,12H,11H2,1-2H3,(H,19,23). The lowest BCUT2D eigenvalue weighted by molar-refractivity contribution is 0.102. The first-order valence-electron chi connectivity index (χ1n) is 7.45. The van der Waals surface area contributed by atoms with Crippen LogP contribution in [0.1, 0.15) is 27.2 Å². The number of benzene rings is 2. The summed E-state index contributed by atoms with van der Waals surface area (Å²) in [5, 5.41) is 10.9. The third-order valence-electron chi connectivity index (χ3n) is 3.68. The van der Waals surface area contributed by atoms with Gasteiger partial charge in [0.05, 0.1) is 12.7 Å². The van der Waals surface area contributed by atoms with Crippen molar-refractivity contribution in [1.29, 1.82) is 0 Å². The van der Waals surface area contributed by atoms with Crippen LogP contribution in [0.5, 0.6) is 0 Å². The van der Waals surface area contributed by atoms with Crippen molar-refractivity contribution in [3.63, 3.8) is 0 Å². The van der Waals surface area contributed by atoms with Crippen LogP contribution in [0.25, 0.3) is 0 Å². The minimum atomic E-state index is -0.248. The maximum Gasteiger partial charge on any atom is 0.277 e. The molecule has 0 unspecified atom stereocenters. The lowest BCUT2D eigenvalue weighted by atomic mass is 10.1. The Morgan fingerprint density at radius 1 is 1.04 bits per heavy atom. The summed E-state index contributed by atoms with van der Waals surface area (Å²) in [5.74, 6) is -0.248. The maximum absolute atomic E-state index is 12.4. The molecule has 0 aliphatic carbocycles. The second kappa shape index (κ2) is 6.44. The van der Waals surface area contributed by atoms with Crippen LogP contribution < -0.4 is 5.32 Å². The fourth-order valence-corrected chi connectivity index (χ4v) is 2.44. The van der Waals surface area contributed by atoms with E-state index in [1.165, 1.54) is 0 Å². The summed E-state index contributed by atoms with van der Waals surface area (Å²) in [6, 6.07) is 15.8. The van der Waals surface area contributed by atoms with E-state index in [0.717, 1.165) is 22.4 Å². The number of amides is 1. The van der Waals surface area contributed by atoms with Crippen LogP contribution in [0.2, 0.25) is 0 Å². The normalized spacial score (nSPS) is 10.5. The van der Waals surface area contributed by atoms with Gasteiger partial charge in [-0.25, -0.2) is 4.68 Å². The van der Waals surface area contributed by atoms with Crippen LogP contribution >= 0.6 is 0 Å². The van der Waals surface area contributed by atoms with Gasteiger partial charge in [0.2, 0.25) is 0 Å². The number of aryl methyl sites for hydroxylation is 2. The molecule has 1 aromatic heterocycles. The largest absolute Gasteiger partial charge is 0.320 e. The first kappa shape index (κ1) is 15.0. The molecule has 1 heterocycles. The number of nitrogens with zero attached hydrogens (tertiary/aromatic N) is 3. The predicted octanol–water partition coefficient (Wildman–Crippen LogP) is 3.20. The van der Waals surface area contributed by atoms with Gasteiger partial charge in [-0.3, -0.25) is 4.79 Å². The smallest absolute Gasteiger partial charge is 0.277 e. The van der Waals surface area contributed by atoms with E-state index in [1.807, 2.05) is 62.4 Å². The van der Waals surface area contributed by atoms with Crippen molar-refractivity contribution < 1.29 is 4.79 Å². The van der Waals surface area contributed by atoms with Crippen molar-refractivity contribution in [2.75, 3.05) is 5.32 Å². The van der Waals surface area contributed by atoms with Gasteiger partial charge in [-0.2, -0.15) is 0 Å². The molecular formula is C18H18N4O. The van der Waals surface area contributed by atoms with E-state index >= 15 is 0 Å². The number of rotatable bonds is 4. The molecule has 3 rings (SSSR count). The molecule has 1 amide bonds. The van der Waals surface area contributed by atoms with Gasteiger partial charge in [0.25, 0.3) is 5.91 Å². The van der Waals surface area contributed by atoms with Gasteiger partial charge in [-0.15, -0.1) is 5.10 Å². The van der Waals surface area contributed by atoms with Crippen LogP contribution in [0.3, 0.4) is 0 Å². The first-order chi connectivity index (χ1) is 11.1. The predicted molar refractivity (Wildman–Crippen MR) is 89.4 cm³/mol. The molecule has 0 bridgehead atoms. The summed E-state index contributed by atoms with van der Waals surface area (Å²) < 4.78 is 1.66. The van der Waals surface area contributed by atoms with Gasteiger partial charge < -0.3 is 5.32 Å². The van der Waals surface area contributed by atoms with Crippen molar-refractivity contribution in [2.24, 2.45) is 0 Å². The minimum Gasteiger partial charge on any atom is -0.320 e. The lowest BCUT2D eigenvalue weighted by Crippen LogP contribution is -2.14. The molecule has 0 fully saturated rings. The van der Waals surface area contributed by atoms with Gasteiger partial charge in [0.15, 0.2) is 5.69 Å². The van der Waals surface area contributed by atoms with Crippen molar-refractivity contribution >= 4 is 11.6 Å². The summed E-state index contributed by atoms with van der Waals surface area (Å²) in [7, 11) is 0. The number of nitrogens with one attached hydrogen (secondary N) is 1. The number of carbonyl (C=O) groups excluding carboxylic acids is 1. The van der Waals surface area contributed by atoms with Crippen molar-refractivity contribution in [2.45, 2.75) is 20.4 Å². The van der Waals surface area contributed by atoms with E-state index in [9.17, 15) is 4.79 Å². The summed E-state index contributed by atoms with van der Waals surface area (Å²) in [4.78, 5) is 12.4. The molecule has 5 nitrogen and oxygen atoms in total. The summed E-state index contributed by atoms with van der Waals surface area (Å²) in [6.45, 7) is 4.52. The van der Waals surface area contributed by atoms with Crippen LogP contribution in [0.15, 0.2) is 54.7 Å². The van der Waals surface area contributed by atoms with E-state index in [0.29, 0.717) is 12.2 Å². The van der Waals surface area contributed by atoms with Crippen molar-refractivity contribution in [3.05, 3.63) is 77.1 Å². The quantitative estimate of drug-likeness (QED) is 0.805. The second-order valence-corrected chi connectivity index (χ2v) is 5.51. The molecule has 3 aromatic rings. The third-order valence-corrected chi connectivity index (χ3v) is 3.68. The Bertz CT molecular complexity index is 804. The van der Waals surface area contributed by atoms with Crippen LogP contribution in [0.4, 0.5) is 5.69 Å². The van der Waals surface area contributed by atoms with E-state index in [1.54, 1.807) is 10.9 Å². The summed E-state index contributed by atoms with van der Waals surface area (Å²) >= 11 is 0. The number of hydrogen-bond donors (Lipinski definition) is 1. The first-order valence-corrected chi connectivity index (χ1v) is 7.45. The number of aromatic nitrogens is 3. The molecule has 23 heavy (non-hydrogen) atoms. The molecule has 0 atom stereocenters. The van der Waals surface area contributed by atoms with Gasteiger partial charge in [-0.1, -0.05) is 53.7 Å². The molecule has 0 radical (unpaired) electrons. The fourth-order valence-electron chi connectivity index (χ4n) is 2.44. The van der Waals surface area contributed by atoms with Gasteiger partial charge in [-0.05, 0) is 30.5 Å². The van der Waals surface area contributed by atoms with Crippen LogP contribution in [-0.2, 0) is 6.54 Å². The van der Waals surface area contributed by atoms with E-state index in [2.05, 4.69) is 15.6 Å². The Labute approximate surface area is 135 Å². The minimum absolute atomic E-state index is 0.248. The maximum atomic E-state index is 12.4. The average molecular weight is 306 g/mol. The van der Waals surface area contributed by atoms with Crippen LogP contribution in [-0.4, -0.2) is 20.9 Å². The van der Waals surface area contributed by atoms with E-state index in [4.69, 9.17) is 0 Å². The highest BCUT2D eigenvalue weighted by Crippen LogP contribution is 2.20. The third kappa shape index (κ3) is 3.45. The SMILES string of the molecule is Cc1cccc(C)c1NC(=O)c1cn(Cc2ccccc2)nn1. The lowest BCUT2D eigenvalue weighted by Gasteiger charge is -2.09. The van der Waals surface area contributed by atoms with E-state index < -0.39 is 0 Å². The highest BCUT2D eigenvalue weighted by atomic mass is 16.2. The molecule has 1 N–H and O–H groups in total. The molecule has 0 spiro atoms. The number of hydrogen-bond acceptors (Lipinski definition) is 3. The molecule has 0 saturated carbocycles. The monoisotopic (exact) mass is 306 g/mol. The van der Waals surface area contributed by atoms with Gasteiger partial charge >= 0.3 is 0 Å². The molecule has 0 saturated heterocycles. The highest BCUT2D eigenvalue weighted by Gasteiger charge is 2.13. The van der Waals surface area contributed by atoms with Crippen LogP contribution in [0, 0.1) is 13.8 Å². The number of anilines is 1. The Hall–Kier alpha value is -2.95. The Kier molecular flexibility index (Phi) is 4.19. The van der Waals surface area contributed by atoms with E-state index in [-0.39, 0.29) is 5.91 Å². The van der Waals surface area contributed by atoms with Crippen molar-refractivity contribution in [1.82, 2.24) is 15.0 Å². The fraction of sp³-hybridized carbons (Fsp3) is 0.167. The van der Waals surface area contributed by atoms with Gasteiger partial charge in [0, 0.05) is 5.69 Å². The molecule has 2 aromatic carbocycles. The Balaban J connectivity index is 1.74. The Morgan fingerprint density at radius 2 is 1.74 bits per heavy atom. The molecule has 0 aliphatic rings. The topological polar surface area (TPSA) is 59.8 Å². The zero-order valence-corrected chi connectivity index (χ0v) is 13.2. The second-order valence-electron chi connectivity index (χ2n) is 5.51.